The van der Waals surface area contributed by atoms with Crippen LogP contribution in [0.25, 0.3) is 11.0 Å². The van der Waals surface area contributed by atoms with Crippen LogP contribution in [-0.4, -0.2) is 18.4 Å². The normalized spacial score (nSPS) is 12.5. The number of aromatic nitrogens is 2. The lowest BCUT2D eigenvalue weighted by Gasteiger charge is -2.12. The molecule has 0 saturated carbocycles. The van der Waals surface area contributed by atoms with Gasteiger partial charge in [-0.1, -0.05) is 17.7 Å². The minimum absolute atomic E-state index is 0.192. The largest absolute Gasteiger partial charge is 0.416 e. The first-order valence-electron chi connectivity index (χ1n) is 6.68. The second-order valence-electron chi connectivity index (χ2n) is 5.09. The van der Waals surface area contributed by atoms with Crippen LogP contribution in [0.3, 0.4) is 0 Å². The average molecular weight is 392 g/mol. The molecule has 3 aromatic rings. The number of hydrogen-bond donors (Lipinski definition) is 3. The van der Waals surface area contributed by atoms with Crippen molar-refractivity contribution >= 4 is 38.3 Å². The fourth-order valence-corrected chi connectivity index (χ4v) is 3.82. The zero-order valence-corrected chi connectivity index (χ0v) is 13.7. The predicted molar refractivity (Wildman–Crippen MR) is 86.2 cm³/mol. The summed E-state index contributed by atoms with van der Waals surface area (Å²) in [6.07, 6.45) is -4.61. The van der Waals surface area contributed by atoms with E-state index in [-0.39, 0.29) is 21.1 Å². The second kappa shape index (κ2) is 5.81. The van der Waals surface area contributed by atoms with Crippen LogP contribution in [0.5, 0.6) is 0 Å². The van der Waals surface area contributed by atoms with Gasteiger partial charge in [-0.3, -0.25) is 4.72 Å². The number of imidazole rings is 1. The molecule has 0 aliphatic carbocycles. The summed E-state index contributed by atoms with van der Waals surface area (Å²) in [4.78, 5) is 15.7. The van der Waals surface area contributed by atoms with Crippen molar-refractivity contribution in [2.75, 3.05) is 4.72 Å². The van der Waals surface area contributed by atoms with Crippen molar-refractivity contribution in [1.82, 2.24) is 9.97 Å². The Balaban J connectivity index is 2.03. The third-order valence-corrected chi connectivity index (χ3v) is 5.15. The molecule has 0 amide bonds. The summed E-state index contributed by atoms with van der Waals surface area (Å²) in [6.45, 7) is 0. The number of fused-ring (bicyclic) bond motifs is 1. The van der Waals surface area contributed by atoms with Crippen LogP contribution in [0, 0.1) is 0 Å². The van der Waals surface area contributed by atoms with Crippen molar-refractivity contribution in [2.24, 2.45) is 0 Å². The van der Waals surface area contributed by atoms with Gasteiger partial charge in [0.1, 0.15) is 4.90 Å². The molecule has 132 valence electrons. The molecule has 0 fully saturated rings. The molecule has 0 radical (unpaired) electrons. The lowest BCUT2D eigenvalue weighted by atomic mass is 10.2. The topological polar surface area (TPSA) is 94.8 Å². The monoisotopic (exact) mass is 391 g/mol. The van der Waals surface area contributed by atoms with Gasteiger partial charge in [0.25, 0.3) is 10.0 Å². The van der Waals surface area contributed by atoms with E-state index in [1.807, 2.05) is 4.72 Å². The molecule has 1 heterocycles. The molecule has 0 unspecified atom stereocenters. The fourth-order valence-electron chi connectivity index (χ4n) is 2.21. The van der Waals surface area contributed by atoms with Gasteiger partial charge in [0.15, 0.2) is 0 Å². The van der Waals surface area contributed by atoms with Crippen LogP contribution in [0.2, 0.25) is 5.02 Å². The van der Waals surface area contributed by atoms with E-state index in [2.05, 4.69) is 9.97 Å². The summed E-state index contributed by atoms with van der Waals surface area (Å²) in [7, 11) is -4.27. The van der Waals surface area contributed by atoms with Gasteiger partial charge in [0, 0.05) is 5.69 Å². The van der Waals surface area contributed by atoms with Crippen LogP contribution >= 0.6 is 11.6 Å². The zero-order valence-electron chi connectivity index (χ0n) is 12.1. The van der Waals surface area contributed by atoms with Crippen LogP contribution in [-0.2, 0) is 16.2 Å². The molecule has 0 aliphatic rings. The summed E-state index contributed by atoms with van der Waals surface area (Å²) < 4.78 is 65.1. The molecule has 3 N–H and O–H groups in total. The lowest BCUT2D eigenvalue weighted by molar-refractivity contribution is -0.137. The minimum atomic E-state index is -4.61. The van der Waals surface area contributed by atoms with Crippen LogP contribution in [0.15, 0.2) is 46.1 Å². The molecule has 2 aromatic carbocycles. The molecule has 6 nitrogen and oxygen atoms in total. The van der Waals surface area contributed by atoms with Gasteiger partial charge in [-0.15, -0.1) is 0 Å². The van der Waals surface area contributed by atoms with Crippen molar-refractivity contribution in [2.45, 2.75) is 11.1 Å². The van der Waals surface area contributed by atoms with Gasteiger partial charge in [-0.25, -0.2) is 13.2 Å². The molecule has 25 heavy (non-hydrogen) atoms. The highest BCUT2D eigenvalue weighted by molar-refractivity contribution is 7.92. The summed E-state index contributed by atoms with van der Waals surface area (Å²) in [6, 6.07) is 6.09. The summed E-state index contributed by atoms with van der Waals surface area (Å²) in [5.41, 5.74) is -1.32. The van der Waals surface area contributed by atoms with Crippen molar-refractivity contribution in [3.05, 3.63) is 57.5 Å². The fraction of sp³-hybridized carbons (Fsp3) is 0.0714. The number of benzene rings is 2. The molecule has 0 atom stereocenters. The Hall–Kier alpha value is -2.46. The minimum Gasteiger partial charge on any atom is -0.306 e. The quantitative estimate of drug-likeness (QED) is 0.639. The molecule has 0 bridgehead atoms. The number of halogens is 4. The van der Waals surface area contributed by atoms with E-state index < -0.39 is 27.5 Å². The summed E-state index contributed by atoms with van der Waals surface area (Å²) >= 11 is 5.93. The van der Waals surface area contributed by atoms with E-state index in [1.54, 1.807) is 0 Å². The summed E-state index contributed by atoms with van der Waals surface area (Å²) in [5, 5.41) is -0.192. The van der Waals surface area contributed by atoms with Gasteiger partial charge in [-0.2, -0.15) is 13.2 Å². The second-order valence-corrected chi connectivity index (χ2v) is 7.15. The molecule has 3 rings (SSSR count). The number of sulfonamides is 1. The first-order valence-corrected chi connectivity index (χ1v) is 8.54. The van der Waals surface area contributed by atoms with Crippen molar-refractivity contribution in [1.29, 1.82) is 0 Å². The van der Waals surface area contributed by atoms with Crippen LogP contribution in [0.4, 0.5) is 18.9 Å². The maximum atomic E-state index is 12.7. The number of aromatic amines is 2. The number of rotatable bonds is 3. The maximum Gasteiger partial charge on any atom is 0.416 e. The van der Waals surface area contributed by atoms with E-state index in [0.717, 1.165) is 18.2 Å². The van der Waals surface area contributed by atoms with Gasteiger partial charge >= 0.3 is 11.9 Å². The first kappa shape index (κ1) is 17.4. The highest BCUT2D eigenvalue weighted by Gasteiger charge is 2.31. The third-order valence-electron chi connectivity index (χ3n) is 3.30. The smallest absolute Gasteiger partial charge is 0.306 e. The number of hydrogen-bond acceptors (Lipinski definition) is 3. The summed E-state index contributed by atoms with van der Waals surface area (Å²) in [5.74, 6) is 0. The van der Waals surface area contributed by atoms with Crippen LogP contribution < -0.4 is 10.4 Å². The third kappa shape index (κ3) is 3.49. The van der Waals surface area contributed by atoms with Gasteiger partial charge in [0.2, 0.25) is 0 Å². The van der Waals surface area contributed by atoms with E-state index in [4.69, 9.17) is 11.6 Å². The molecule has 1 aromatic heterocycles. The van der Waals surface area contributed by atoms with Crippen LogP contribution in [0.1, 0.15) is 5.56 Å². The van der Waals surface area contributed by atoms with Crippen molar-refractivity contribution in [3.63, 3.8) is 0 Å². The highest BCUT2D eigenvalue weighted by atomic mass is 35.5. The van der Waals surface area contributed by atoms with Gasteiger partial charge < -0.3 is 9.97 Å². The molecule has 0 spiro atoms. The Bertz CT molecular complexity index is 1120. The average Bonchev–Trinajstić information content (AvgIpc) is 2.84. The van der Waals surface area contributed by atoms with E-state index in [9.17, 15) is 26.4 Å². The SMILES string of the molecule is O=c1[nH]c2cc(Cl)c(S(=O)(=O)Nc3cccc(C(F)(F)F)c3)cc2[nH]1. The molecule has 0 aliphatic heterocycles. The molecule has 0 saturated heterocycles. The Morgan fingerprint density at radius 1 is 1.04 bits per heavy atom. The molecule has 11 heteroatoms. The lowest BCUT2D eigenvalue weighted by Crippen LogP contribution is -2.14. The first-order chi connectivity index (χ1) is 11.6. The van der Waals surface area contributed by atoms with E-state index >= 15 is 0 Å². The molecular weight excluding hydrogens is 383 g/mol. The number of alkyl halides is 3. The van der Waals surface area contributed by atoms with E-state index in [0.29, 0.717) is 11.6 Å². The van der Waals surface area contributed by atoms with Crippen molar-refractivity contribution in [3.8, 4) is 0 Å². The van der Waals surface area contributed by atoms with Gasteiger partial charge in [0.05, 0.1) is 21.6 Å². The standard InChI is InChI=1S/C14H9ClF3N3O3S/c15-9-5-10-11(20-13(22)19-10)6-12(9)25(23,24)21-8-3-1-2-7(4-8)14(16,17)18/h1-6,21H,(H2,19,20,22). The Kier molecular flexibility index (Phi) is 4.04. The highest BCUT2D eigenvalue weighted by Crippen LogP contribution is 2.32. The van der Waals surface area contributed by atoms with E-state index in [1.165, 1.54) is 12.1 Å². The predicted octanol–water partition coefficient (Wildman–Crippen LogP) is 3.33. The molecular formula is C14H9ClF3N3O3S. The van der Waals surface area contributed by atoms with Gasteiger partial charge in [-0.05, 0) is 30.3 Å². The Labute approximate surface area is 143 Å². The number of nitrogens with one attached hydrogen (secondary N) is 3. The Morgan fingerprint density at radius 2 is 1.68 bits per heavy atom. The number of H-pyrrole nitrogens is 2. The maximum absolute atomic E-state index is 12.7. The Morgan fingerprint density at radius 3 is 2.32 bits per heavy atom. The van der Waals surface area contributed by atoms with Crippen molar-refractivity contribution < 1.29 is 21.6 Å². The zero-order chi connectivity index (χ0) is 18.4. The number of anilines is 1.